The SMILES string of the molecule is CCOC(=O)CC=Cc1ccc(OC)nn1. The van der Waals surface area contributed by atoms with Crippen molar-refractivity contribution in [3.63, 3.8) is 0 Å². The number of methoxy groups -OCH3 is 1. The van der Waals surface area contributed by atoms with E-state index in [0.29, 0.717) is 18.2 Å². The van der Waals surface area contributed by atoms with E-state index in [1.807, 2.05) is 0 Å². The van der Waals surface area contributed by atoms with Crippen molar-refractivity contribution in [2.45, 2.75) is 13.3 Å². The molecule has 0 saturated heterocycles. The molecule has 0 bridgehead atoms. The molecule has 86 valence electrons. The van der Waals surface area contributed by atoms with Gasteiger partial charge in [0.15, 0.2) is 0 Å². The van der Waals surface area contributed by atoms with Gasteiger partial charge in [-0.15, -0.1) is 10.2 Å². The van der Waals surface area contributed by atoms with Crippen molar-refractivity contribution in [1.82, 2.24) is 10.2 Å². The molecule has 0 spiro atoms. The van der Waals surface area contributed by atoms with Crippen LogP contribution in [0.15, 0.2) is 18.2 Å². The minimum Gasteiger partial charge on any atom is -0.480 e. The van der Waals surface area contributed by atoms with E-state index >= 15 is 0 Å². The van der Waals surface area contributed by atoms with Crippen molar-refractivity contribution in [2.24, 2.45) is 0 Å². The van der Waals surface area contributed by atoms with Gasteiger partial charge in [-0.3, -0.25) is 4.79 Å². The first-order chi connectivity index (χ1) is 7.76. The van der Waals surface area contributed by atoms with E-state index in [-0.39, 0.29) is 12.4 Å². The smallest absolute Gasteiger partial charge is 0.309 e. The highest BCUT2D eigenvalue weighted by Crippen LogP contribution is 2.05. The van der Waals surface area contributed by atoms with Gasteiger partial charge in [-0.1, -0.05) is 6.08 Å². The third-order valence-corrected chi connectivity index (χ3v) is 1.75. The van der Waals surface area contributed by atoms with Crippen molar-refractivity contribution in [2.75, 3.05) is 13.7 Å². The number of carbonyl (C=O) groups is 1. The zero-order chi connectivity index (χ0) is 11.8. The van der Waals surface area contributed by atoms with E-state index in [1.54, 1.807) is 31.2 Å². The van der Waals surface area contributed by atoms with Crippen molar-refractivity contribution in [1.29, 1.82) is 0 Å². The Labute approximate surface area is 94.1 Å². The number of rotatable bonds is 5. The Bertz CT molecular complexity index is 360. The maximum atomic E-state index is 11.0. The number of esters is 1. The molecule has 1 rings (SSSR count). The molecular formula is C11H14N2O3. The normalized spacial score (nSPS) is 10.4. The lowest BCUT2D eigenvalue weighted by atomic mass is 10.3. The highest BCUT2D eigenvalue weighted by Gasteiger charge is 1.97. The van der Waals surface area contributed by atoms with Crippen molar-refractivity contribution in [3.05, 3.63) is 23.9 Å². The second kappa shape index (κ2) is 6.55. The second-order valence-electron chi connectivity index (χ2n) is 2.91. The van der Waals surface area contributed by atoms with E-state index in [9.17, 15) is 4.79 Å². The van der Waals surface area contributed by atoms with Crippen LogP contribution in [0.3, 0.4) is 0 Å². The summed E-state index contributed by atoms with van der Waals surface area (Å²) in [4.78, 5) is 11.0. The first-order valence-corrected chi connectivity index (χ1v) is 4.96. The molecule has 0 radical (unpaired) electrons. The zero-order valence-electron chi connectivity index (χ0n) is 9.34. The van der Waals surface area contributed by atoms with Gasteiger partial charge < -0.3 is 9.47 Å². The Morgan fingerprint density at radius 2 is 2.25 bits per heavy atom. The van der Waals surface area contributed by atoms with E-state index < -0.39 is 0 Å². The third kappa shape index (κ3) is 4.08. The molecule has 5 heteroatoms. The third-order valence-electron chi connectivity index (χ3n) is 1.75. The molecule has 1 heterocycles. The fraction of sp³-hybridized carbons (Fsp3) is 0.364. The van der Waals surface area contributed by atoms with Gasteiger partial charge in [-0.2, -0.15) is 0 Å². The summed E-state index contributed by atoms with van der Waals surface area (Å²) in [6, 6.07) is 3.46. The average Bonchev–Trinajstić information content (AvgIpc) is 2.30. The summed E-state index contributed by atoms with van der Waals surface area (Å²) in [5, 5.41) is 7.67. The van der Waals surface area contributed by atoms with Crippen LogP contribution >= 0.6 is 0 Å². The summed E-state index contributed by atoms with van der Waals surface area (Å²) >= 11 is 0. The van der Waals surface area contributed by atoms with Crippen LogP contribution in [-0.4, -0.2) is 29.9 Å². The zero-order valence-corrected chi connectivity index (χ0v) is 9.34. The fourth-order valence-electron chi connectivity index (χ4n) is 1.02. The van der Waals surface area contributed by atoms with E-state index in [1.165, 1.54) is 7.11 Å². The number of ether oxygens (including phenoxy) is 2. The Hall–Kier alpha value is -1.91. The average molecular weight is 222 g/mol. The van der Waals surface area contributed by atoms with Crippen LogP contribution in [0.4, 0.5) is 0 Å². The maximum absolute atomic E-state index is 11.0. The van der Waals surface area contributed by atoms with E-state index in [2.05, 4.69) is 10.2 Å². The molecule has 0 aliphatic rings. The number of aromatic nitrogens is 2. The molecule has 0 aliphatic carbocycles. The molecule has 0 N–H and O–H groups in total. The Kier molecular flexibility index (Phi) is 4.98. The monoisotopic (exact) mass is 222 g/mol. The van der Waals surface area contributed by atoms with Gasteiger partial charge in [0, 0.05) is 6.07 Å². The number of carbonyl (C=O) groups excluding carboxylic acids is 1. The summed E-state index contributed by atoms with van der Waals surface area (Å²) in [7, 11) is 1.53. The van der Waals surface area contributed by atoms with Gasteiger partial charge in [-0.25, -0.2) is 0 Å². The molecule has 0 aliphatic heterocycles. The molecule has 0 atom stereocenters. The lowest BCUT2D eigenvalue weighted by Crippen LogP contribution is -2.01. The van der Waals surface area contributed by atoms with Crippen LogP contribution in [0, 0.1) is 0 Å². The summed E-state index contributed by atoms with van der Waals surface area (Å²) in [6.07, 6.45) is 3.64. The van der Waals surface area contributed by atoms with Crippen LogP contribution in [-0.2, 0) is 9.53 Å². The highest BCUT2D eigenvalue weighted by atomic mass is 16.5. The van der Waals surface area contributed by atoms with Crippen molar-refractivity contribution in [3.8, 4) is 5.88 Å². The summed E-state index contributed by atoms with van der Waals surface area (Å²) < 4.78 is 9.64. The first-order valence-electron chi connectivity index (χ1n) is 4.96. The molecule has 16 heavy (non-hydrogen) atoms. The molecular weight excluding hydrogens is 208 g/mol. The fourth-order valence-corrected chi connectivity index (χ4v) is 1.02. The Balaban J connectivity index is 2.46. The minimum absolute atomic E-state index is 0.238. The van der Waals surface area contributed by atoms with Gasteiger partial charge in [0.1, 0.15) is 0 Å². The predicted molar refractivity (Wildman–Crippen MR) is 58.9 cm³/mol. The maximum Gasteiger partial charge on any atom is 0.309 e. The highest BCUT2D eigenvalue weighted by molar-refractivity contribution is 5.72. The largest absolute Gasteiger partial charge is 0.480 e. The van der Waals surface area contributed by atoms with Gasteiger partial charge in [0.2, 0.25) is 5.88 Å². The molecule has 0 aromatic carbocycles. The second-order valence-corrected chi connectivity index (χ2v) is 2.91. The van der Waals surface area contributed by atoms with E-state index in [4.69, 9.17) is 9.47 Å². The van der Waals surface area contributed by atoms with Crippen LogP contribution in [0.5, 0.6) is 5.88 Å². The van der Waals surface area contributed by atoms with Crippen LogP contribution < -0.4 is 4.74 Å². The first kappa shape index (κ1) is 12.2. The number of hydrogen-bond donors (Lipinski definition) is 0. The summed E-state index contributed by atoms with van der Waals surface area (Å²) in [5.41, 5.74) is 0.671. The lowest BCUT2D eigenvalue weighted by molar-refractivity contribution is -0.142. The van der Waals surface area contributed by atoms with Gasteiger partial charge in [-0.05, 0) is 19.1 Å². The molecule has 0 saturated carbocycles. The molecule has 0 unspecified atom stereocenters. The number of hydrogen-bond acceptors (Lipinski definition) is 5. The minimum atomic E-state index is -0.250. The van der Waals surface area contributed by atoms with Crippen molar-refractivity contribution >= 4 is 12.0 Å². The van der Waals surface area contributed by atoms with Crippen LogP contribution in [0.25, 0.3) is 6.08 Å². The van der Waals surface area contributed by atoms with Gasteiger partial charge in [0.25, 0.3) is 0 Å². The molecule has 5 nitrogen and oxygen atoms in total. The van der Waals surface area contributed by atoms with Crippen LogP contribution in [0.2, 0.25) is 0 Å². The number of nitrogens with zero attached hydrogens (tertiary/aromatic N) is 2. The Morgan fingerprint density at radius 3 is 2.81 bits per heavy atom. The standard InChI is InChI=1S/C11H14N2O3/c1-3-16-11(14)6-4-5-9-7-8-10(15-2)13-12-9/h4-5,7-8H,3,6H2,1-2H3. The van der Waals surface area contributed by atoms with Crippen LogP contribution in [0.1, 0.15) is 19.0 Å². The predicted octanol–water partition coefficient (Wildman–Crippen LogP) is 1.45. The van der Waals surface area contributed by atoms with Gasteiger partial charge in [0.05, 0.1) is 25.8 Å². The van der Waals surface area contributed by atoms with Crippen molar-refractivity contribution < 1.29 is 14.3 Å². The lowest BCUT2D eigenvalue weighted by Gasteiger charge is -1.97. The van der Waals surface area contributed by atoms with Gasteiger partial charge >= 0.3 is 5.97 Å². The Morgan fingerprint density at radius 1 is 1.44 bits per heavy atom. The molecule has 1 aromatic heterocycles. The summed E-state index contributed by atoms with van der Waals surface area (Å²) in [5.74, 6) is 0.211. The molecule has 1 aromatic rings. The molecule has 0 amide bonds. The summed E-state index contributed by atoms with van der Waals surface area (Å²) in [6.45, 7) is 2.17. The topological polar surface area (TPSA) is 61.3 Å². The molecule has 0 fully saturated rings. The quantitative estimate of drug-likeness (QED) is 0.706. The van der Waals surface area contributed by atoms with E-state index in [0.717, 1.165) is 0 Å².